The Balaban J connectivity index is 0.000000531. The summed E-state index contributed by atoms with van der Waals surface area (Å²) in [5, 5.41) is 0. The van der Waals surface area contributed by atoms with Gasteiger partial charge in [-0.3, -0.25) is 4.39 Å². The van der Waals surface area contributed by atoms with Crippen LogP contribution in [0, 0.1) is 0 Å². The van der Waals surface area contributed by atoms with Crippen molar-refractivity contribution in [1.82, 2.24) is 0 Å². The van der Waals surface area contributed by atoms with Gasteiger partial charge in [0.15, 0.2) is 0 Å². The fraction of sp³-hybridized carbons (Fsp3) is 0.0769. The zero-order valence-corrected chi connectivity index (χ0v) is 9.38. The molecule has 0 amide bonds. The van der Waals surface area contributed by atoms with E-state index in [0.717, 1.165) is 0 Å². The van der Waals surface area contributed by atoms with Crippen molar-refractivity contribution in [1.29, 1.82) is 0 Å². The van der Waals surface area contributed by atoms with Gasteiger partial charge < -0.3 is 0 Å². The minimum absolute atomic E-state index is 0.500. The SMILES string of the molecule is CF.c1ccc(Sc2ccccc2)cc1. The second kappa shape index (κ2) is 7.07. The van der Waals surface area contributed by atoms with Crippen LogP contribution in [0.4, 0.5) is 4.39 Å². The van der Waals surface area contributed by atoms with Crippen LogP contribution in [0.1, 0.15) is 0 Å². The van der Waals surface area contributed by atoms with Crippen LogP contribution in [-0.4, -0.2) is 7.18 Å². The van der Waals surface area contributed by atoms with Crippen molar-refractivity contribution in [2.24, 2.45) is 0 Å². The molecule has 0 heterocycles. The lowest BCUT2D eigenvalue weighted by Crippen LogP contribution is -1.70. The number of rotatable bonds is 2. The number of alkyl halides is 1. The molecule has 2 aromatic rings. The van der Waals surface area contributed by atoms with Gasteiger partial charge in [0.25, 0.3) is 0 Å². The number of halogens is 1. The molecule has 0 N–H and O–H groups in total. The Bertz CT molecular complexity index is 321. The highest BCUT2D eigenvalue weighted by Crippen LogP contribution is 2.26. The summed E-state index contributed by atoms with van der Waals surface area (Å²) < 4.78 is 9.50. The van der Waals surface area contributed by atoms with Crippen molar-refractivity contribution in [3.8, 4) is 0 Å². The van der Waals surface area contributed by atoms with Crippen LogP contribution in [-0.2, 0) is 0 Å². The summed E-state index contributed by atoms with van der Waals surface area (Å²) >= 11 is 1.79. The Morgan fingerprint density at radius 3 is 1.33 bits per heavy atom. The van der Waals surface area contributed by atoms with E-state index in [1.807, 2.05) is 12.1 Å². The molecule has 78 valence electrons. The predicted octanol–water partition coefficient (Wildman–Crippen LogP) is 4.42. The van der Waals surface area contributed by atoms with Crippen molar-refractivity contribution >= 4 is 11.8 Å². The number of hydrogen-bond donors (Lipinski definition) is 0. The van der Waals surface area contributed by atoms with Gasteiger partial charge in [0.1, 0.15) is 0 Å². The summed E-state index contributed by atoms with van der Waals surface area (Å²) in [4.78, 5) is 2.57. The van der Waals surface area contributed by atoms with Crippen LogP contribution in [0.5, 0.6) is 0 Å². The molecule has 2 aromatic carbocycles. The second-order valence-electron chi connectivity index (χ2n) is 2.73. The van der Waals surface area contributed by atoms with Crippen molar-refractivity contribution < 1.29 is 4.39 Å². The molecule has 0 aliphatic rings. The highest BCUT2D eigenvalue weighted by Gasteiger charge is 1.93. The monoisotopic (exact) mass is 220 g/mol. The van der Waals surface area contributed by atoms with E-state index in [4.69, 9.17) is 0 Å². The van der Waals surface area contributed by atoms with Gasteiger partial charge in [0, 0.05) is 9.79 Å². The highest BCUT2D eigenvalue weighted by atomic mass is 32.2. The summed E-state index contributed by atoms with van der Waals surface area (Å²) in [5.41, 5.74) is 0. The lowest BCUT2D eigenvalue weighted by atomic mass is 10.4. The van der Waals surface area contributed by atoms with E-state index < -0.39 is 0 Å². The molecule has 2 heteroatoms. The predicted molar refractivity (Wildman–Crippen MR) is 64.0 cm³/mol. The lowest BCUT2D eigenvalue weighted by molar-refractivity contribution is 0.636. The Hall–Kier alpha value is -1.28. The average Bonchev–Trinajstić information content (AvgIpc) is 2.34. The maximum Gasteiger partial charge on any atom is 0.0785 e. The third-order valence-electron chi connectivity index (χ3n) is 1.72. The molecule has 0 nitrogen and oxygen atoms in total. The lowest BCUT2D eigenvalue weighted by Gasteiger charge is -1.99. The minimum atomic E-state index is 0.500. The highest BCUT2D eigenvalue weighted by molar-refractivity contribution is 7.99. The second-order valence-corrected chi connectivity index (χ2v) is 3.88. The molecule has 0 radical (unpaired) electrons. The molecular weight excluding hydrogens is 207 g/mol. The van der Waals surface area contributed by atoms with Gasteiger partial charge in [-0.1, -0.05) is 48.2 Å². The third kappa shape index (κ3) is 4.17. The Morgan fingerprint density at radius 2 is 1.00 bits per heavy atom. The first-order valence-electron chi connectivity index (χ1n) is 4.61. The smallest absolute Gasteiger partial charge is 0.0785 e. The summed E-state index contributed by atoms with van der Waals surface area (Å²) in [6, 6.07) is 20.8. The van der Waals surface area contributed by atoms with Crippen molar-refractivity contribution in [2.75, 3.05) is 7.18 Å². The molecule has 0 atom stereocenters. The first-order chi connectivity index (χ1) is 7.45. The van der Waals surface area contributed by atoms with E-state index in [9.17, 15) is 4.39 Å². The van der Waals surface area contributed by atoms with Crippen LogP contribution in [0.3, 0.4) is 0 Å². The first-order valence-corrected chi connectivity index (χ1v) is 5.42. The topological polar surface area (TPSA) is 0 Å². The van der Waals surface area contributed by atoms with Crippen molar-refractivity contribution in [2.45, 2.75) is 9.79 Å². The van der Waals surface area contributed by atoms with E-state index in [1.165, 1.54) is 9.79 Å². The average molecular weight is 220 g/mol. The zero-order chi connectivity index (χ0) is 10.9. The molecule has 0 saturated carbocycles. The van der Waals surface area contributed by atoms with Crippen LogP contribution in [0.25, 0.3) is 0 Å². The maximum absolute atomic E-state index is 9.50. The van der Waals surface area contributed by atoms with Crippen molar-refractivity contribution in [3.63, 3.8) is 0 Å². The molecule has 0 fully saturated rings. The Kier molecular flexibility index (Phi) is 5.56. The molecule has 2 rings (SSSR count). The van der Waals surface area contributed by atoms with E-state index in [1.54, 1.807) is 11.8 Å². The van der Waals surface area contributed by atoms with Crippen LogP contribution >= 0.6 is 11.8 Å². The summed E-state index contributed by atoms with van der Waals surface area (Å²) in [7, 11) is 0.500. The van der Waals surface area contributed by atoms with Crippen LogP contribution < -0.4 is 0 Å². The van der Waals surface area contributed by atoms with E-state index in [0.29, 0.717) is 7.18 Å². The number of hydrogen-bond acceptors (Lipinski definition) is 1. The van der Waals surface area contributed by atoms with Gasteiger partial charge >= 0.3 is 0 Å². The maximum atomic E-state index is 9.50. The molecule has 0 aromatic heterocycles. The first kappa shape index (κ1) is 11.8. The molecule has 0 saturated heterocycles. The molecule has 15 heavy (non-hydrogen) atoms. The van der Waals surface area contributed by atoms with E-state index >= 15 is 0 Å². The molecule has 0 unspecified atom stereocenters. The van der Waals surface area contributed by atoms with Gasteiger partial charge in [-0.15, -0.1) is 0 Å². The molecule has 0 spiro atoms. The van der Waals surface area contributed by atoms with Crippen LogP contribution in [0.15, 0.2) is 70.5 Å². The van der Waals surface area contributed by atoms with Gasteiger partial charge in [-0.25, -0.2) is 0 Å². The molecule has 0 bridgehead atoms. The fourth-order valence-electron chi connectivity index (χ4n) is 1.11. The van der Waals surface area contributed by atoms with Gasteiger partial charge in [-0.05, 0) is 24.3 Å². The van der Waals surface area contributed by atoms with Gasteiger partial charge in [-0.2, -0.15) is 0 Å². The molecule has 0 aliphatic heterocycles. The quantitative estimate of drug-likeness (QED) is 0.721. The normalized spacial score (nSPS) is 8.93. The summed E-state index contributed by atoms with van der Waals surface area (Å²) in [5.74, 6) is 0. The van der Waals surface area contributed by atoms with E-state index in [-0.39, 0.29) is 0 Å². The fourth-order valence-corrected chi connectivity index (χ4v) is 1.97. The minimum Gasteiger partial charge on any atom is -0.255 e. The summed E-state index contributed by atoms with van der Waals surface area (Å²) in [6.45, 7) is 0. The standard InChI is InChI=1S/C12H10S.CH3F/c1-3-7-11(8-4-1)13-12-9-5-2-6-10-12;1-2/h1-10H;1H3. The largest absolute Gasteiger partial charge is 0.255 e. The zero-order valence-electron chi connectivity index (χ0n) is 8.56. The van der Waals surface area contributed by atoms with Crippen molar-refractivity contribution in [3.05, 3.63) is 60.7 Å². The molecule has 0 aliphatic carbocycles. The Morgan fingerprint density at radius 1 is 0.667 bits per heavy atom. The van der Waals surface area contributed by atoms with Gasteiger partial charge in [0.05, 0.1) is 7.18 Å². The molecular formula is C13H13FS. The number of benzene rings is 2. The third-order valence-corrected chi connectivity index (χ3v) is 2.74. The van der Waals surface area contributed by atoms with Gasteiger partial charge in [0.2, 0.25) is 0 Å². The Labute approximate surface area is 94.1 Å². The summed E-state index contributed by atoms with van der Waals surface area (Å²) in [6.07, 6.45) is 0. The van der Waals surface area contributed by atoms with Crippen LogP contribution in [0.2, 0.25) is 0 Å². The van der Waals surface area contributed by atoms with E-state index in [2.05, 4.69) is 48.5 Å².